The predicted octanol–water partition coefficient (Wildman–Crippen LogP) is 2.61. The first-order valence-corrected chi connectivity index (χ1v) is 7.65. The third kappa shape index (κ3) is 2.34. The van der Waals surface area contributed by atoms with Gasteiger partial charge in [-0.05, 0) is 32.1 Å². The molecule has 22 heavy (non-hydrogen) atoms. The van der Waals surface area contributed by atoms with Gasteiger partial charge in [-0.3, -0.25) is 9.59 Å². The Morgan fingerprint density at radius 1 is 1.23 bits per heavy atom. The van der Waals surface area contributed by atoms with Gasteiger partial charge < -0.3 is 9.64 Å². The Morgan fingerprint density at radius 3 is 2.68 bits per heavy atom. The summed E-state index contributed by atoms with van der Waals surface area (Å²) >= 11 is 0. The molecule has 0 saturated heterocycles. The van der Waals surface area contributed by atoms with Crippen LogP contribution in [-0.2, 0) is 4.79 Å². The molecule has 4 nitrogen and oxygen atoms in total. The predicted molar refractivity (Wildman–Crippen MR) is 83.8 cm³/mol. The Bertz CT molecular complexity index is 671. The fourth-order valence-electron chi connectivity index (χ4n) is 2.93. The topological polar surface area (TPSA) is 46.6 Å². The number of fused-ring (bicyclic) bond motifs is 2. The first kappa shape index (κ1) is 14.6. The minimum absolute atomic E-state index is 0.0189. The normalized spacial score (nSPS) is 22.3. The van der Waals surface area contributed by atoms with Crippen molar-refractivity contribution in [2.45, 2.75) is 20.0 Å². The number of hydrogen-bond donors (Lipinski definition) is 0. The molecule has 114 valence electrons. The van der Waals surface area contributed by atoms with Gasteiger partial charge >= 0.3 is 0 Å². The van der Waals surface area contributed by atoms with E-state index in [1.54, 1.807) is 35.3 Å². The summed E-state index contributed by atoms with van der Waals surface area (Å²) in [5.41, 5.74) is 1.21. The van der Waals surface area contributed by atoms with E-state index in [1.807, 2.05) is 26.0 Å². The molecule has 2 aliphatic rings. The highest BCUT2D eigenvalue weighted by Crippen LogP contribution is 2.34. The van der Waals surface area contributed by atoms with Crippen LogP contribution in [-0.4, -0.2) is 35.8 Å². The molecule has 0 fully saturated rings. The monoisotopic (exact) mass is 297 g/mol. The van der Waals surface area contributed by atoms with E-state index >= 15 is 0 Å². The van der Waals surface area contributed by atoms with Crippen LogP contribution >= 0.6 is 0 Å². The highest BCUT2D eigenvalue weighted by atomic mass is 16.5. The summed E-state index contributed by atoms with van der Waals surface area (Å²) in [4.78, 5) is 26.7. The number of ketones is 1. The number of rotatable bonds is 3. The van der Waals surface area contributed by atoms with E-state index in [1.165, 1.54) is 0 Å². The maximum absolute atomic E-state index is 12.5. The van der Waals surface area contributed by atoms with Gasteiger partial charge in [-0.2, -0.15) is 0 Å². The van der Waals surface area contributed by atoms with Crippen LogP contribution in [0.5, 0.6) is 5.75 Å². The van der Waals surface area contributed by atoms with Gasteiger partial charge in [0.05, 0.1) is 11.5 Å². The molecule has 1 aromatic rings. The number of ether oxygens (including phenoxy) is 1. The molecule has 1 aliphatic carbocycles. The summed E-state index contributed by atoms with van der Waals surface area (Å²) in [6, 6.07) is 7.25. The van der Waals surface area contributed by atoms with Gasteiger partial charge in [-0.1, -0.05) is 24.3 Å². The number of nitrogens with zero attached hydrogens (tertiary/aromatic N) is 1. The molecule has 2 unspecified atom stereocenters. The van der Waals surface area contributed by atoms with E-state index in [9.17, 15) is 9.59 Å². The van der Waals surface area contributed by atoms with Crippen molar-refractivity contribution < 1.29 is 14.3 Å². The summed E-state index contributed by atoms with van der Waals surface area (Å²) in [6.45, 7) is 5.23. The lowest BCUT2D eigenvalue weighted by Gasteiger charge is -2.32. The Hall–Kier alpha value is -2.36. The molecule has 0 spiro atoms. The summed E-state index contributed by atoms with van der Waals surface area (Å²) < 4.78 is 5.91. The molecule has 4 heteroatoms. The van der Waals surface area contributed by atoms with E-state index in [-0.39, 0.29) is 17.6 Å². The van der Waals surface area contributed by atoms with Crippen LogP contribution in [0.4, 0.5) is 0 Å². The zero-order valence-electron chi connectivity index (χ0n) is 12.8. The van der Waals surface area contributed by atoms with Gasteiger partial charge in [0, 0.05) is 18.7 Å². The van der Waals surface area contributed by atoms with Crippen molar-refractivity contribution in [2.24, 2.45) is 5.92 Å². The number of carbonyl (C=O) groups is 2. The third-order valence-electron chi connectivity index (χ3n) is 4.20. The molecular weight excluding hydrogens is 278 g/mol. The minimum atomic E-state index is -0.401. The van der Waals surface area contributed by atoms with E-state index in [0.717, 1.165) is 0 Å². The molecule has 0 bridgehead atoms. The quantitative estimate of drug-likeness (QED) is 0.861. The van der Waals surface area contributed by atoms with Gasteiger partial charge in [0.1, 0.15) is 11.9 Å². The van der Waals surface area contributed by atoms with E-state index in [2.05, 4.69) is 0 Å². The average molecular weight is 297 g/mol. The summed E-state index contributed by atoms with van der Waals surface area (Å²) in [5.74, 6) is 0.279. The zero-order valence-corrected chi connectivity index (χ0v) is 12.8. The number of amides is 1. The van der Waals surface area contributed by atoms with Gasteiger partial charge in [-0.25, -0.2) is 0 Å². The SMILES string of the molecule is CCN(CC)C(=O)C1=CC2Oc3ccccc3C(=O)C2C=C1. The van der Waals surface area contributed by atoms with Crippen LogP contribution in [0.25, 0.3) is 0 Å². The van der Waals surface area contributed by atoms with E-state index in [4.69, 9.17) is 4.74 Å². The second-order valence-electron chi connectivity index (χ2n) is 5.43. The molecule has 0 saturated carbocycles. The van der Waals surface area contributed by atoms with E-state index < -0.39 is 6.10 Å². The van der Waals surface area contributed by atoms with Gasteiger partial charge in [0.25, 0.3) is 5.91 Å². The zero-order chi connectivity index (χ0) is 15.7. The molecule has 3 rings (SSSR count). The standard InChI is InChI=1S/C18H19NO3/c1-3-19(4-2)18(21)12-9-10-14-16(11-12)22-15-8-6-5-7-13(15)17(14)20/h5-11,14,16H,3-4H2,1-2H3. The van der Waals surface area contributed by atoms with Crippen molar-refractivity contribution in [2.75, 3.05) is 13.1 Å². The van der Waals surface area contributed by atoms with Crippen LogP contribution in [0.3, 0.4) is 0 Å². The summed E-state index contributed by atoms with van der Waals surface area (Å²) in [6.07, 6.45) is 4.91. The van der Waals surface area contributed by atoms with E-state index in [0.29, 0.717) is 30.0 Å². The summed E-state index contributed by atoms with van der Waals surface area (Å²) in [7, 11) is 0. The number of carbonyl (C=O) groups excluding carboxylic acids is 2. The maximum atomic E-state index is 12.5. The highest BCUT2D eigenvalue weighted by Gasteiger charge is 2.36. The molecule has 0 N–H and O–H groups in total. The number of para-hydroxylation sites is 1. The smallest absolute Gasteiger partial charge is 0.253 e. The second-order valence-corrected chi connectivity index (χ2v) is 5.43. The Balaban J connectivity index is 1.90. The highest BCUT2D eigenvalue weighted by molar-refractivity contribution is 6.04. The molecule has 1 aromatic carbocycles. The molecule has 1 amide bonds. The lowest BCUT2D eigenvalue weighted by atomic mass is 9.84. The largest absolute Gasteiger partial charge is 0.484 e. The number of benzene rings is 1. The fraction of sp³-hybridized carbons (Fsp3) is 0.333. The number of hydrogen-bond acceptors (Lipinski definition) is 3. The maximum Gasteiger partial charge on any atom is 0.253 e. The lowest BCUT2D eigenvalue weighted by molar-refractivity contribution is -0.126. The molecule has 1 heterocycles. The van der Waals surface area contributed by atoms with Crippen LogP contribution in [0.1, 0.15) is 24.2 Å². The average Bonchev–Trinajstić information content (AvgIpc) is 2.55. The second kappa shape index (κ2) is 5.79. The fourth-order valence-corrected chi connectivity index (χ4v) is 2.93. The lowest BCUT2D eigenvalue weighted by Crippen LogP contribution is -2.39. The molecule has 2 atom stereocenters. The Labute approximate surface area is 130 Å². The first-order valence-electron chi connectivity index (χ1n) is 7.65. The van der Waals surface area contributed by atoms with Crippen molar-refractivity contribution in [1.82, 2.24) is 4.90 Å². The van der Waals surface area contributed by atoms with Crippen LogP contribution < -0.4 is 4.74 Å². The molecule has 0 aromatic heterocycles. The van der Waals surface area contributed by atoms with Crippen LogP contribution in [0.2, 0.25) is 0 Å². The number of Topliss-reactive ketones (excluding diaryl/α,β-unsaturated/α-hetero) is 1. The van der Waals surface area contributed by atoms with Crippen molar-refractivity contribution in [3.05, 3.63) is 53.6 Å². The number of likely N-dealkylation sites (N-methyl/N-ethyl adjacent to an activating group) is 1. The first-order chi connectivity index (χ1) is 10.7. The molecular formula is C18H19NO3. The Kier molecular flexibility index (Phi) is 3.84. The molecule has 1 aliphatic heterocycles. The minimum Gasteiger partial charge on any atom is -0.484 e. The van der Waals surface area contributed by atoms with Crippen molar-refractivity contribution in [1.29, 1.82) is 0 Å². The van der Waals surface area contributed by atoms with Gasteiger partial charge in [0.2, 0.25) is 0 Å². The molecule has 0 radical (unpaired) electrons. The third-order valence-corrected chi connectivity index (χ3v) is 4.20. The van der Waals surface area contributed by atoms with Crippen molar-refractivity contribution in [3.8, 4) is 5.75 Å². The van der Waals surface area contributed by atoms with Gasteiger partial charge in [0.15, 0.2) is 5.78 Å². The Morgan fingerprint density at radius 2 is 1.95 bits per heavy atom. The van der Waals surface area contributed by atoms with Crippen LogP contribution in [0.15, 0.2) is 48.1 Å². The van der Waals surface area contributed by atoms with Gasteiger partial charge in [-0.15, -0.1) is 0 Å². The summed E-state index contributed by atoms with van der Waals surface area (Å²) in [5, 5.41) is 0. The van der Waals surface area contributed by atoms with Crippen molar-refractivity contribution in [3.63, 3.8) is 0 Å². The van der Waals surface area contributed by atoms with Crippen LogP contribution in [0, 0.1) is 5.92 Å². The van der Waals surface area contributed by atoms with Crippen molar-refractivity contribution >= 4 is 11.7 Å².